The standard InChI is InChI=1S/C15H21ClN2O2/c1-10-3-5-15(20,6-4-10)9-17-14(19)12-7-11(2)18-13(16)8-12/h7-8,10,20H,3-6,9H2,1-2H3,(H,17,19). The maximum absolute atomic E-state index is 12.1. The van der Waals surface area contributed by atoms with E-state index in [0.29, 0.717) is 22.3 Å². The molecule has 0 aliphatic heterocycles. The van der Waals surface area contributed by atoms with Crippen molar-refractivity contribution in [2.45, 2.75) is 45.1 Å². The molecule has 1 aliphatic rings. The van der Waals surface area contributed by atoms with Crippen LogP contribution in [-0.4, -0.2) is 28.1 Å². The number of carbonyl (C=O) groups is 1. The summed E-state index contributed by atoms with van der Waals surface area (Å²) in [6.07, 6.45) is 3.49. The summed E-state index contributed by atoms with van der Waals surface area (Å²) < 4.78 is 0. The molecule has 5 heteroatoms. The van der Waals surface area contributed by atoms with Crippen LogP contribution in [0.25, 0.3) is 0 Å². The van der Waals surface area contributed by atoms with Gasteiger partial charge in [-0.1, -0.05) is 18.5 Å². The highest BCUT2D eigenvalue weighted by Crippen LogP contribution is 2.31. The van der Waals surface area contributed by atoms with Gasteiger partial charge in [-0.15, -0.1) is 0 Å². The van der Waals surface area contributed by atoms with E-state index in [1.54, 1.807) is 13.0 Å². The second-order valence-electron chi connectivity index (χ2n) is 5.91. The first-order valence-corrected chi connectivity index (χ1v) is 7.40. The molecule has 110 valence electrons. The average Bonchev–Trinajstić information content (AvgIpc) is 2.39. The van der Waals surface area contributed by atoms with Crippen molar-refractivity contribution in [2.24, 2.45) is 5.92 Å². The van der Waals surface area contributed by atoms with Gasteiger partial charge in [-0.05, 0) is 50.7 Å². The van der Waals surface area contributed by atoms with Crippen LogP contribution >= 0.6 is 11.6 Å². The fraction of sp³-hybridized carbons (Fsp3) is 0.600. The molecule has 0 saturated heterocycles. The number of pyridine rings is 1. The summed E-state index contributed by atoms with van der Waals surface area (Å²) in [5.41, 5.74) is 0.414. The van der Waals surface area contributed by atoms with Gasteiger partial charge in [0, 0.05) is 17.8 Å². The van der Waals surface area contributed by atoms with Crippen LogP contribution in [0.15, 0.2) is 12.1 Å². The molecule has 1 heterocycles. The van der Waals surface area contributed by atoms with Gasteiger partial charge in [-0.25, -0.2) is 4.98 Å². The summed E-state index contributed by atoms with van der Waals surface area (Å²) in [6.45, 7) is 4.27. The third-order valence-corrected chi connectivity index (χ3v) is 4.16. The molecule has 0 atom stereocenters. The number of halogens is 1. The summed E-state index contributed by atoms with van der Waals surface area (Å²) >= 11 is 5.85. The van der Waals surface area contributed by atoms with Gasteiger partial charge in [0.1, 0.15) is 5.15 Å². The van der Waals surface area contributed by atoms with E-state index >= 15 is 0 Å². The lowest BCUT2D eigenvalue weighted by atomic mass is 9.79. The van der Waals surface area contributed by atoms with E-state index in [-0.39, 0.29) is 12.5 Å². The topological polar surface area (TPSA) is 62.2 Å². The average molecular weight is 297 g/mol. The second kappa shape index (κ2) is 6.10. The Balaban J connectivity index is 1.95. The van der Waals surface area contributed by atoms with E-state index in [1.807, 2.05) is 0 Å². The van der Waals surface area contributed by atoms with Crippen LogP contribution in [0.5, 0.6) is 0 Å². The maximum Gasteiger partial charge on any atom is 0.251 e. The fourth-order valence-electron chi connectivity index (χ4n) is 2.58. The van der Waals surface area contributed by atoms with Gasteiger partial charge in [0.25, 0.3) is 5.91 Å². The Bertz CT molecular complexity index is 476. The van der Waals surface area contributed by atoms with E-state index in [9.17, 15) is 9.90 Å². The van der Waals surface area contributed by atoms with Gasteiger partial charge >= 0.3 is 0 Å². The summed E-state index contributed by atoms with van der Waals surface area (Å²) in [5, 5.41) is 13.5. The van der Waals surface area contributed by atoms with Gasteiger partial charge in [0.15, 0.2) is 0 Å². The Morgan fingerprint density at radius 3 is 2.75 bits per heavy atom. The summed E-state index contributed by atoms with van der Waals surface area (Å²) in [7, 11) is 0. The first-order chi connectivity index (χ1) is 9.38. The van der Waals surface area contributed by atoms with E-state index in [0.717, 1.165) is 25.7 Å². The molecule has 0 radical (unpaired) electrons. The lowest BCUT2D eigenvalue weighted by Gasteiger charge is -2.34. The molecule has 1 fully saturated rings. The van der Waals surface area contributed by atoms with Crippen LogP contribution in [0.4, 0.5) is 0 Å². The smallest absolute Gasteiger partial charge is 0.251 e. The van der Waals surface area contributed by atoms with Gasteiger partial charge in [0.2, 0.25) is 0 Å². The summed E-state index contributed by atoms with van der Waals surface area (Å²) in [5.74, 6) is 0.442. The lowest BCUT2D eigenvalue weighted by Crippen LogP contribution is -2.45. The number of aliphatic hydroxyl groups is 1. The molecule has 0 bridgehead atoms. The van der Waals surface area contributed by atoms with Crippen molar-refractivity contribution >= 4 is 17.5 Å². The van der Waals surface area contributed by atoms with Gasteiger partial charge in [0.05, 0.1) is 5.60 Å². The van der Waals surface area contributed by atoms with Gasteiger partial charge in [-0.3, -0.25) is 4.79 Å². The molecule has 2 N–H and O–H groups in total. The van der Waals surface area contributed by atoms with Crippen LogP contribution in [0.2, 0.25) is 5.15 Å². The van der Waals surface area contributed by atoms with Crippen LogP contribution in [0.3, 0.4) is 0 Å². The van der Waals surface area contributed by atoms with Crippen LogP contribution in [0.1, 0.15) is 48.7 Å². The third kappa shape index (κ3) is 3.93. The van der Waals surface area contributed by atoms with E-state index in [2.05, 4.69) is 17.2 Å². The fourth-order valence-corrected chi connectivity index (χ4v) is 2.83. The SMILES string of the molecule is Cc1cc(C(=O)NCC2(O)CCC(C)CC2)cc(Cl)n1. The molecule has 0 unspecified atom stereocenters. The number of amides is 1. The Hall–Kier alpha value is -1.13. The van der Waals surface area contributed by atoms with Crippen molar-refractivity contribution in [1.82, 2.24) is 10.3 Å². The van der Waals surface area contributed by atoms with Crippen molar-refractivity contribution in [3.63, 3.8) is 0 Å². The minimum absolute atomic E-state index is 0.218. The monoisotopic (exact) mass is 296 g/mol. The molecule has 0 spiro atoms. The molecular weight excluding hydrogens is 276 g/mol. The number of hydrogen-bond donors (Lipinski definition) is 2. The van der Waals surface area contributed by atoms with Crippen molar-refractivity contribution in [1.29, 1.82) is 0 Å². The molecule has 1 amide bonds. The number of aromatic nitrogens is 1. The van der Waals surface area contributed by atoms with Crippen molar-refractivity contribution in [3.05, 3.63) is 28.5 Å². The van der Waals surface area contributed by atoms with E-state index in [4.69, 9.17) is 11.6 Å². The number of nitrogens with one attached hydrogen (secondary N) is 1. The van der Waals surface area contributed by atoms with Crippen LogP contribution < -0.4 is 5.32 Å². The zero-order valence-electron chi connectivity index (χ0n) is 11.9. The van der Waals surface area contributed by atoms with Crippen molar-refractivity contribution < 1.29 is 9.90 Å². The Labute approximate surface area is 124 Å². The molecule has 1 aliphatic carbocycles. The normalized spacial score (nSPS) is 26.3. The first-order valence-electron chi connectivity index (χ1n) is 7.03. The maximum atomic E-state index is 12.1. The zero-order chi connectivity index (χ0) is 14.8. The third-order valence-electron chi connectivity index (χ3n) is 3.97. The van der Waals surface area contributed by atoms with Crippen LogP contribution in [0, 0.1) is 12.8 Å². The number of hydrogen-bond acceptors (Lipinski definition) is 3. The highest BCUT2D eigenvalue weighted by molar-refractivity contribution is 6.29. The van der Waals surface area contributed by atoms with Gasteiger partial charge in [-0.2, -0.15) is 0 Å². The van der Waals surface area contributed by atoms with Crippen LogP contribution in [-0.2, 0) is 0 Å². The highest BCUT2D eigenvalue weighted by atomic mass is 35.5. The molecule has 1 aromatic rings. The molecule has 20 heavy (non-hydrogen) atoms. The van der Waals surface area contributed by atoms with E-state index < -0.39 is 5.60 Å². The highest BCUT2D eigenvalue weighted by Gasteiger charge is 2.32. The lowest BCUT2D eigenvalue weighted by molar-refractivity contribution is -0.00539. The van der Waals surface area contributed by atoms with Crippen molar-refractivity contribution in [2.75, 3.05) is 6.54 Å². The predicted molar refractivity (Wildman–Crippen MR) is 78.9 cm³/mol. The largest absolute Gasteiger partial charge is 0.388 e. The molecule has 2 rings (SSSR count). The van der Waals surface area contributed by atoms with Gasteiger partial charge < -0.3 is 10.4 Å². The molecule has 1 aromatic heterocycles. The predicted octanol–water partition coefficient (Wildman–Crippen LogP) is 2.71. The molecule has 1 saturated carbocycles. The van der Waals surface area contributed by atoms with E-state index in [1.165, 1.54) is 6.07 Å². The molecular formula is C15H21ClN2O2. The van der Waals surface area contributed by atoms with Crippen molar-refractivity contribution in [3.8, 4) is 0 Å². The number of carbonyl (C=O) groups excluding carboxylic acids is 1. The minimum Gasteiger partial charge on any atom is -0.388 e. The quantitative estimate of drug-likeness (QED) is 0.843. The number of nitrogens with zero attached hydrogens (tertiary/aromatic N) is 1. The molecule has 4 nitrogen and oxygen atoms in total. The Morgan fingerprint density at radius 1 is 1.50 bits per heavy atom. The first kappa shape index (κ1) is 15.3. The second-order valence-corrected chi connectivity index (χ2v) is 6.30. The Kier molecular flexibility index (Phi) is 4.66. The number of aryl methyl sites for hydroxylation is 1. The Morgan fingerprint density at radius 2 is 2.15 bits per heavy atom. The number of rotatable bonds is 3. The zero-order valence-corrected chi connectivity index (χ0v) is 12.7. The minimum atomic E-state index is -0.770. The summed E-state index contributed by atoms with van der Waals surface area (Å²) in [6, 6.07) is 3.23. The summed E-state index contributed by atoms with van der Waals surface area (Å²) in [4.78, 5) is 16.1. The molecule has 0 aromatic carbocycles.